The van der Waals surface area contributed by atoms with Crippen molar-refractivity contribution in [3.8, 4) is 11.5 Å². The van der Waals surface area contributed by atoms with Crippen LogP contribution in [0.2, 0.25) is 0 Å². The van der Waals surface area contributed by atoms with Gasteiger partial charge in [0.1, 0.15) is 11.5 Å². The third-order valence-corrected chi connectivity index (χ3v) is 6.56. The molecule has 7 heteroatoms. The molecule has 0 aliphatic heterocycles. The van der Waals surface area contributed by atoms with Crippen LogP contribution in [0.4, 0.5) is 5.69 Å². The summed E-state index contributed by atoms with van der Waals surface area (Å²) in [5, 5.41) is 21.0. The van der Waals surface area contributed by atoms with Crippen molar-refractivity contribution in [3.63, 3.8) is 0 Å². The second-order valence-electron chi connectivity index (χ2n) is 9.27. The van der Waals surface area contributed by atoms with Gasteiger partial charge in [0.05, 0.1) is 17.6 Å². The van der Waals surface area contributed by atoms with Gasteiger partial charge in [0.25, 0.3) is 11.8 Å². The fraction of sp³-hybridized carbons (Fsp3) is 0.0938. The Bertz CT molecular complexity index is 1630. The molecule has 5 rings (SSSR count). The van der Waals surface area contributed by atoms with E-state index in [0.717, 1.165) is 28.1 Å². The first-order valence-corrected chi connectivity index (χ1v) is 12.5. The van der Waals surface area contributed by atoms with Crippen LogP contribution < -0.4 is 4.90 Å². The van der Waals surface area contributed by atoms with Crippen molar-refractivity contribution in [1.82, 2.24) is 9.88 Å². The van der Waals surface area contributed by atoms with Gasteiger partial charge in [-0.2, -0.15) is 0 Å². The van der Waals surface area contributed by atoms with E-state index in [1.54, 1.807) is 42.4 Å². The van der Waals surface area contributed by atoms with E-state index in [4.69, 9.17) is 0 Å². The molecule has 0 spiro atoms. The van der Waals surface area contributed by atoms with Crippen LogP contribution in [0.25, 0.3) is 10.9 Å². The fourth-order valence-electron chi connectivity index (χ4n) is 4.52. The van der Waals surface area contributed by atoms with Gasteiger partial charge < -0.3 is 20.0 Å². The van der Waals surface area contributed by atoms with Gasteiger partial charge in [-0.3, -0.25) is 14.6 Å². The first-order valence-electron chi connectivity index (χ1n) is 12.5. The molecule has 1 aromatic heterocycles. The molecule has 0 radical (unpaired) electrons. The monoisotopic (exact) mass is 517 g/mol. The molecule has 0 saturated carbocycles. The van der Waals surface area contributed by atoms with Crippen molar-refractivity contribution in [2.45, 2.75) is 13.1 Å². The average Bonchev–Trinajstić information content (AvgIpc) is 2.96. The van der Waals surface area contributed by atoms with Gasteiger partial charge in [-0.25, -0.2) is 0 Å². The molecule has 4 aromatic carbocycles. The lowest BCUT2D eigenvalue weighted by molar-refractivity contribution is 0.0785. The Morgan fingerprint density at radius 1 is 0.769 bits per heavy atom. The Labute approximate surface area is 226 Å². The zero-order valence-corrected chi connectivity index (χ0v) is 21.4. The average molecular weight is 518 g/mol. The van der Waals surface area contributed by atoms with Crippen LogP contribution >= 0.6 is 0 Å². The molecule has 0 bridgehead atoms. The maximum atomic E-state index is 13.5. The van der Waals surface area contributed by atoms with Crippen LogP contribution in [0, 0.1) is 0 Å². The number of phenols is 2. The molecule has 0 saturated heterocycles. The van der Waals surface area contributed by atoms with Crippen LogP contribution in [0.1, 0.15) is 31.8 Å². The number of carbonyl (C=O) groups is 2. The number of phenolic OH excluding ortho intramolecular Hbond substituents is 2. The number of pyridine rings is 1. The second-order valence-corrected chi connectivity index (χ2v) is 9.27. The summed E-state index contributed by atoms with van der Waals surface area (Å²) in [6.07, 6.45) is 1.75. The molecule has 0 unspecified atom stereocenters. The fourth-order valence-corrected chi connectivity index (χ4v) is 4.52. The number of anilines is 1. The van der Waals surface area contributed by atoms with E-state index >= 15 is 0 Å². The number of amides is 2. The highest BCUT2D eigenvalue weighted by atomic mass is 16.3. The largest absolute Gasteiger partial charge is 0.508 e. The van der Waals surface area contributed by atoms with E-state index in [-0.39, 0.29) is 29.5 Å². The van der Waals surface area contributed by atoms with Crippen molar-refractivity contribution in [1.29, 1.82) is 0 Å². The third-order valence-electron chi connectivity index (χ3n) is 6.56. The molecule has 0 aliphatic carbocycles. The molecule has 7 nitrogen and oxygen atoms in total. The van der Waals surface area contributed by atoms with E-state index in [0.29, 0.717) is 17.8 Å². The van der Waals surface area contributed by atoms with Crippen molar-refractivity contribution in [2.75, 3.05) is 11.9 Å². The summed E-state index contributed by atoms with van der Waals surface area (Å²) in [4.78, 5) is 34.4. The van der Waals surface area contributed by atoms with Gasteiger partial charge in [-0.05, 0) is 59.7 Å². The summed E-state index contributed by atoms with van der Waals surface area (Å²) in [7, 11) is 1.75. The number of carbonyl (C=O) groups excluding carboxylic acids is 2. The maximum absolute atomic E-state index is 13.5. The Hall–Kier alpha value is -5.17. The summed E-state index contributed by atoms with van der Waals surface area (Å²) in [6, 6.07) is 30.0. The first-order chi connectivity index (χ1) is 18.9. The Balaban J connectivity index is 1.40. The van der Waals surface area contributed by atoms with Crippen molar-refractivity contribution in [2.24, 2.45) is 0 Å². The number of aromatic hydroxyl groups is 2. The number of nitrogens with zero attached hydrogens (tertiary/aromatic N) is 3. The molecule has 0 atom stereocenters. The van der Waals surface area contributed by atoms with E-state index in [1.165, 1.54) is 17.0 Å². The van der Waals surface area contributed by atoms with Crippen LogP contribution in [0.5, 0.6) is 11.5 Å². The number of rotatable bonds is 7. The quantitative estimate of drug-likeness (QED) is 0.286. The van der Waals surface area contributed by atoms with E-state index in [9.17, 15) is 19.8 Å². The Kier molecular flexibility index (Phi) is 7.23. The topological polar surface area (TPSA) is 94.0 Å². The number of aromatic nitrogens is 1. The minimum atomic E-state index is -0.433. The van der Waals surface area contributed by atoms with Gasteiger partial charge in [0.15, 0.2) is 0 Å². The first kappa shape index (κ1) is 25.5. The molecule has 2 N–H and O–H groups in total. The summed E-state index contributed by atoms with van der Waals surface area (Å²) < 4.78 is 0. The number of hydrogen-bond acceptors (Lipinski definition) is 5. The summed E-state index contributed by atoms with van der Waals surface area (Å²) in [5.41, 5.74) is 3.89. The standard InChI is InChI=1S/C32H27N3O4/c1-34(21-24-17-18-33-29-10-6-5-9-27(24)29)31(38)23-11-13-25(14-12-23)35(20-22-7-3-2-4-8-22)32(39)28-16-15-26(36)19-30(28)37/h2-19,36-37H,20-21H2,1H3. The van der Waals surface area contributed by atoms with Crippen molar-refractivity contribution < 1.29 is 19.8 Å². The molecule has 1 heterocycles. The molecule has 194 valence electrons. The van der Waals surface area contributed by atoms with Crippen LogP contribution in [-0.4, -0.2) is 39.0 Å². The number of para-hydroxylation sites is 1. The van der Waals surface area contributed by atoms with Gasteiger partial charge in [-0.15, -0.1) is 0 Å². The van der Waals surface area contributed by atoms with Gasteiger partial charge in [-0.1, -0.05) is 48.5 Å². The SMILES string of the molecule is CN(Cc1ccnc2ccccc12)C(=O)c1ccc(N(Cc2ccccc2)C(=O)c2ccc(O)cc2O)cc1. The maximum Gasteiger partial charge on any atom is 0.262 e. The minimum absolute atomic E-state index is 0.0631. The van der Waals surface area contributed by atoms with Gasteiger partial charge >= 0.3 is 0 Å². The van der Waals surface area contributed by atoms with E-state index in [2.05, 4.69) is 4.98 Å². The van der Waals surface area contributed by atoms with Gasteiger partial charge in [0.2, 0.25) is 0 Å². The van der Waals surface area contributed by atoms with E-state index < -0.39 is 5.91 Å². The van der Waals surface area contributed by atoms with E-state index in [1.807, 2.05) is 60.7 Å². The van der Waals surface area contributed by atoms with Crippen LogP contribution in [0.3, 0.4) is 0 Å². The zero-order chi connectivity index (χ0) is 27.4. The highest BCUT2D eigenvalue weighted by molar-refractivity contribution is 6.08. The molecule has 39 heavy (non-hydrogen) atoms. The molecule has 0 aliphatic rings. The number of benzene rings is 4. The predicted molar refractivity (Wildman–Crippen MR) is 151 cm³/mol. The number of hydrogen-bond donors (Lipinski definition) is 2. The van der Waals surface area contributed by atoms with Crippen LogP contribution in [0.15, 0.2) is 109 Å². The minimum Gasteiger partial charge on any atom is -0.508 e. The molecular formula is C32H27N3O4. The summed E-state index contributed by atoms with van der Waals surface area (Å²) in [6.45, 7) is 0.671. The smallest absolute Gasteiger partial charge is 0.262 e. The summed E-state index contributed by atoms with van der Waals surface area (Å²) >= 11 is 0. The predicted octanol–water partition coefficient (Wildman–Crippen LogP) is 5.77. The molecule has 2 amide bonds. The molecule has 5 aromatic rings. The Morgan fingerprint density at radius 2 is 1.49 bits per heavy atom. The van der Waals surface area contributed by atoms with Crippen molar-refractivity contribution in [3.05, 3.63) is 132 Å². The highest BCUT2D eigenvalue weighted by Gasteiger charge is 2.22. The number of fused-ring (bicyclic) bond motifs is 1. The second kappa shape index (κ2) is 11.1. The Morgan fingerprint density at radius 3 is 2.23 bits per heavy atom. The van der Waals surface area contributed by atoms with Gasteiger partial charge in [0, 0.05) is 42.5 Å². The highest BCUT2D eigenvalue weighted by Crippen LogP contribution is 2.28. The third kappa shape index (κ3) is 5.57. The lowest BCUT2D eigenvalue weighted by Gasteiger charge is -2.24. The lowest BCUT2D eigenvalue weighted by Crippen LogP contribution is -2.31. The lowest BCUT2D eigenvalue weighted by atomic mass is 10.1. The van der Waals surface area contributed by atoms with Crippen molar-refractivity contribution >= 4 is 28.4 Å². The molecular weight excluding hydrogens is 490 g/mol. The zero-order valence-electron chi connectivity index (χ0n) is 21.4. The summed E-state index contributed by atoms with van der Waals surface area (Å²) in [5.74, 6) is -1.03. The molecule has 0 fully saturated rings. The van der Waals surface area contributed by atoms with Crippen LogP contribution in [-0.2, 0) is 13.1 Å². The normalized spacial score (nSPS) is 10.8.